The monoisotopic (exact) mass is 321 g/mol. The van der Waals surface area contributed by atoms with Crippen LogP contribution in [-0.4, -0.2) is 26.8 Å². The van der Waals surface area contributed by atoms with Gasteiger partial charge in [-0.1, -0.05) is 23.7 Å². The number of rotatable bonds is 6. The molecule has 0 fully saturated rings. The lowest BCUT2D eigenvalue weighted by molar-refractivity contribution is 0.237. The molecule has 0 bridgehead atoms. The van der Waals surface area contributed by atoms with Crippen LogP contribution in [-0.2, 0) is 19.5 Å². The SMILES string of the molecule is CCn1cnnc1CNC(=O)N[C@@H](C)Cc1cccc(Cl)c1. The molecule has 0 aliphatic carbocycles. The average molecular weight is 322 g/mol. The van der Waals surface area contributed by atoms with Crippen LogP contribution in [0.15, 0.2) is 30.6 Å². The third-order valence-electron chi connectivity index (χ3n) is 3.25. The summed E-state index contributed by atoms with van der Waals surface area (Å²) in [5.41, 5.74) is 1.09. The maximum absolute atomic E-state index is 11.9. The van der Waals surface area contributed by atoms with Gasteiger partial charge in [0.25, 0.3) is 0 Å². The first kappa shape index (κ1) is 16.3. The highest BCUT2D eigenvalue weighted by Crippen LogP contribution is 2.12. The molecule has 6 nitrogen and oxygen atoms in total. The van der Waals surface area contributed by atoms with Crippen LogP contribution in [0.25, 0.3) is 0 Å². The Morgan fingerprint density at radius 3 is 3.00 bits per heavy atom. The summed E-state index contributed by atoms with van der Waals surface area (Å²) in [7, 11) is 0. The van der Waals surface area contributed by atoms with Crippen LogP contribution >= 0.6 is 11.6 Å². The molecule has 0 unspecified atom stereocenters. The summed E-state index contributed by atoms with van der Waals surface area (Å²) >= 11 is 5.95. The second kappa shape index (κ2) is 7.79. The Morgan fingerprint density at radius 1 is 1.45 bits per heavy atom. The molecule has 0 spiro atoms. The van der Waals surface area contributed by atoms with Crippen molar-refractivity contribution in [3.05, 3.63) is 47.0 Å². The van der Waals surface area contributed by atoms with Crippen LogP contribution < -0.4 is 10.6 Å². The summed E-state index contributed by atoms with van der Waals surface area (Å²) in [6.07, 6.45) is 2.37. The van der Waals surface area contributed by atoms with E-state index < -0.39 is 0 Å². The number of nitrogens with one attached hydrogen (secondary N) is 2. The van der Waals surface area contributed by atoms with E-state index in [-0.39, 0.29) is 12.1 Å². The first-order chi connectivity index (χ1) is 10.6. The van der Waals surface area contributed by atoms with E-state index in [0.717, 1.165) is 24.4 Å². The van der Waals surface area contributed by atoms with Gasteiger partial charge in [0.2, 0.25) is 0 Å². The summed E-state index contributed by atoms with van der Waals surface area (Å²) in [4.78, 5) is 11.9. The summed E-state index contributed by atoms with van der Waals surface area (Å²) in [5, 5.41) is 14.2. The summed E-state index contributed by atoms with van der Waals surface area (Å²) < 4.78 is 1.88. The fourth-order valence-corrected chi connectivity index (χ4v) is 2.40. The summed E-state index contributed by atoms with van der Waals surface area (Å²) in [5.74, 6) is 0.736. The highest BCUT2D eigenvalue weighted by Gasteiger charge is 2.09. The van der Waals surface area contributed by atoms with Gasteiger partial charge in [-0.15, -0.1) is 10.2 Å². The quantitative estimate of drug-likeness (QED) is 0.858. The Balaban J connectivity index is 1.79. The van der Waals surface area contributed by atoms with Gasteiger partial charge in [-0.2, -0.15) is 0 Å². The molecule has 1 heterocycles. The van der Waals surface area contributed by atoms with Gasteiger partial charge >= 0.3 is 6.03 Å². The maximum atomic E-state index is 11.9. The van der Waals surface area contributed by atoms with Crippen LogP contribution in [0.2, 0.25) is 5.02 Å². The second-order valence-corrected chi connectivity index (χ2v) is 5.53. The molecule has 1 aromatic heterocycles. The molecule has 22 heavy (non-hydrogen) atoms. The molecule has 7 heteroatoms. The Labute approximate surface area is 134 Å². The summed E-state index contributed by atoms with van der Waals surface area (Å²) in [6.45, 7) is 5.08. The van der Waals surface area contributed by atoms with Gasteiger partial charge in [0.1, 0.15) is 6.33 Å². The number of aryl methyl sites for hydroxylation is 1. The highest BCUT2D eigenvalue weighted by atomic mass is 35.5. The molecule has 118 valence electrons. The van der Waals surface area contributed by atoms with E-state index in [1.807, 2.05) is 42.7 Å². The number of benzene rings is 1. The Bertz CT molecular complexity index is 628. The van der Waals surface area contributed by atoms with Crippen molar-refractivity contribution in [1.82, 2.24) is 25.4 Å². The van der Waals surface area contributed by atoms with Crippen molar-refractivity contribution in [2.24, 2.45) is 0 Å². The Morgan fingerprint density at radius 2 is 2.27 bits per heavy atom. The number of carbonyl (C=O) groups excluding carboxylic acids is 1. The third kappa shape index (κ3) is 4.73. The van der Waals surface area contributed by atoms with Gasteiger partial charge in [0.05, 0.1) is 6.54 Å². The molecule has 2 amide bonds. The van der Waals surface area contributed by atoms with Crippen molar-refractivity contribution in [3.8, 4) is 0 Å². The van der Waals surface area contributed by atoms with E-state index >= 15 is 0 Å². The number of urea groups is 1. The van der Waals surface area contributed by atoms with E-state index in [9.17, 15) is 4.79 Å². The Kier molecular flexibility index (Phi) is 5.77. The third-order valence-corrected chi connectivity index (χ3v) is 3.49. The van der Waals surface area contributed by atoms with Crippen molar-refractivity contribution < 1.29 is 4.79 Å². The molecule has 2 rings (SSSR count). The van der Waals surface area contributed by atoms with Crippen molar-refractivity contribution >= 4 is 17.6 Å². The molecule has 0 saturated carbocycles. The number of halogens is 1. The Hall–Kier alpha value is -2.08. The number of amides is 2. The minimum absolute atomic E-state index is 0.00233. The van der Waals surface area contributed by atoms with Gasteiger partial charge in [0, 0.05) is 17.6 Å². The smallest absolute Gasteiger partial charge is 0.315 e. The number of hydrogen-bond acceptors (Lipinski definition) is 3. The molecule has 0 aliphatic rings. The van der Waals surface area contributed by atoms with Crippen LogP contribution in [0.1, 0.15) is 25.2 Å². The van der Waals surface area contributed by atoms with Crippen molar-refractivity contribution in [3.63, 3.8) is 0 Å². The van der Waals surface area contributed by atoms with Crippen molar-refractivity contribution in [2.75, 3.05) is 0 Å². The van der Waals surface area contributed by atoms with Gasteiger partial charge in [-0.3, -0.25) is 0 Å². The normalized spacial score (nSPS) is 12.0. The van der Waals surface area contributed by atoms with E-state index in [0.29, 0.717) is 11.6 Å². The molecule has 0 radical (unpaired) electrons. The number of carbonyl (C=O) groups is 1. The minimum atomic E-state index is -0.222. The van der Waals surface area contributed by atoms with Crippen LogP contribution in [0.4, 0.5) is 4.79 Å². The zero-order valence-electron chi connectivity index (χ0n) is 12.7. The minimum Gasteiger partial charge on any atom is -0.335 e. The molecule has 2 aromatic rings. The van der Waals surface area contributed by atoms with Gasteiger partial charge in [0.15, 0.2) is 5.82 Å². The summed E-state index contributed by atoms with van der Waals surface area (Å²) in [6, 6.07) is 7.41. The molecule has 0 saturated heterocycles. The van der Waals surface area contributed by atoms with Crippen LogP contribution in [0.3, 0.4) is 0 Å². The molecular weight excluding hydrogens is 302 g/mol. The first-order valence-corrected chi connectivity index (χ1v) is 7.61. The lowest BCUT2D eigenvalue weighted by Gasteiger charge is -2.15. The topological polar surface area (TPSA) is 71.8 Å². The zero-order chi connectivity index (χ0) is 15.9. The molecule has 2 N–H and O–H groups in total. The molecule has 0 aliphatic heterocycles. The molecular formula is C15H20ClN5O. The predicted octanol–water partition coefficient (Wildman–Crippen LogP) is 2.38. The first-order valence-electron chi connectivity index (χ1n) is 7.24. The fourth-order valence-electron chi connectivity index (χ4n) is 2.18. The predicted molar refractivity (Wildman–Crippen MR) is 85.7 cm³/mol. The van der Waals surface area contributed by atoms with Crippen LogP contribution in [0, 0.1) is 0 Å². The largest absolute Gasteiger partial charge is 0.335 e. The fraction of sp³-hybridized carbons (Fsp3) is 0.400. The van der Waals surface area contributed by atoms with Gasteiger partial charge in [-0.25, -0.2) is 4.79 Å². The van der Waals surface area contributed by atoms with Gasteiger partial charge < -0.3 is 15.2 Å². The lowest BCUT2D eigenvalue weighted by Crippen LogP contribution is -2.41. The lowest BCUT2D eigenvalue weighted by atomic mass is 10.1. The zero-order valence-corrected chi connectivity index (χ0v) is 13.5. The van der Waals surface area contributed by atoms with Crippen molar-refractivity contribution in [2.45, 2.75) is 39.4 Å². The molecule has 1 aromatic carbocycles. The van der Waals surface area contributed by atoms with E-state index in [1.165, 1.54) is 0 Å². The average Bonchev–Trinajstić information content (AvgIpc) is 2.92. The highest BCUT2D eigenvalue weighted by molar-refractivity contribution is 6.30. The number of hydrogen-bond donors (Lipinski definition) is 2. The maximum Gasteiger partial charge on any atom is 0.315 e. The van der Waals surface area contributed by atoms with E-state index in [2.05, 4.69) is 20.8 Å². The molecule has 1 atom stereocenters. The van der Waals surface area contributed by atoms with Gasteiger partial charge in [-0.05, 0) is 38.0 Å². The van der Waals surface area contributed by atoms with Crippen molar-refractivity contribution in [1.29, 1.82) is 0 Å². The number of aromatic nitrogens is 3. The van der Waals surface area contributed by atoms with Crippen LogP contribution in [0.5, 0.6) is 0 Å². The standard InChI is InChI=1S/C15H20ClN5O/c1-3-21-10-18-20-14(21)9-17-15(22)19-11(2)7-12-5-4-6-13(16)8-12/h4-6,8,10-11H,3,7,9H2,1-2H3,(H2,17,19,22)/t11-/m0/s1. The number of nitrogens with zero attached hydrogens (tertiary/aromatic N) is 3. The van der Waals surface area contributed by atoms with E-state index in [4.69, 9.17) is 11.6 Å². The second-order valence-electron chi connectivity index (χ2n) is 5.10. The van der Waals surface area contributed by atoms with E-state index in [1.54, 1.807) is 6.33 Å².